The van der Waals surface area contributed by atoms with Crippen molar-refractivity contribution in [1.82, 2.24) is 0 Å². The second kappa shape index (κ2) is 14.2. The molecule has 1 heterocycles. The molecule has 37 heavy (non-hydrogen) atoms. The number of halogens is 2. The number of alkyl halides is 1. The van der Waals surface area contributed by atoms with Gasteiger partial charge in [0.2, 0.25) is 0 Å². The molecule has 0 aliphatic carbocycles. The Kier molecular flexibility index (Phi) is 11.1. The predicted molar refractivity (Wildman–Crippen MR) is 156 cm³/mol. The van der Waals surface area contributed by atoms with Crippen LogP contribution in [0, 0.1) is 12.7 Å². The summed E-state index contributed by atoms with van der Waals surface area (Å²) in [5.74, 6) is 1.39. The van der Waals surface area contributed by atoms with E-state index >= 15 is 0 Å². The second-order valence-electron chi connectivity index (χ2n) is 9.38. The molecule has 1 atom stereocenters. The summed E-state index contributed by atoms with van der Waals surface area (Å²) >= 11 is 1.71. The SMILES string of the molecule is CCCC(CC)Oc1ccc(C2=C(c3ccc(C)cc3F)CSc3cc(N)ccc32)cc1.CCCCF. The van der Waals surface area contributed by atoms with Gasteiger partial charge >= 0.3 is 0 Å². The molecule has 0 fully saturated rings. The van der Waals surface area contributed by atoms with E-state index in [9.17, 15) is 8.78 Å². The number of rotatable bonds is 9. The molecule has 0 aromatic heterocycles. The lowest BCUT2D eigenvalue weighted by Crippen LogP contribution is -2.14. The van der Waals surface area contributed by atoms with Crippen LogP contribution < -0.4 is 10.5 Å². The Labute approximate surface area is 225 Å². The van der Waals surface area contributed by atoms with Crippen LogP contribution >= 0.6 is 11.8 Å². The van der Waals surface area contributed by atoms with E-state index in [4.69, 9.17) is 10.5 Å². The summed E-state index contributed by atoms with van der Waals surface area (Å²) in [4.78, 5) is 1.13. The molecular weight excluding hydrogens is 484 g/mol. The molecule has 3 aromatic rings. The number of nitrogen functional groups attached to an aromatic ring is 1. The van der Waals surface area contributed by atoms with Crippen LogP contribution in [0.1, 0.15) is 75.1 Å². The Hall–Kier alpha value is -2.79. The van der Waals surface area contributed by atoms with E-state index < -0.39 is 0 Å². The van der Waals surface area contributed by atoms with Gasteiger partial charge in [0.1, 0.15) is 11.6 Å². The van der Waals surface area contributed by atoms with Gasteiger partial charge in [-0.15, -0.1) is 11.8 Å². The maximum Gasteiger partial charge on any atom is 0.131 e. The Morgan fingerprint density at radius 2 is 1.68 bits per heavy atom. The van der Waals surface area contributed by atoms with Crippen LogP contribution in [0.4, 0.5) is 14.5 Å². The van der Waals surface area contributed by atoms with Crippen molar-refractivity contribution in [3.05, 3.63) is 88.7 Å². The maximum absolute atomic E-state index is 15.0. The molecular formula is C32H39F2NOS. The Morgan fingerprint density at radius 3 is 2.27 bits per heavy atom. The molecule has 0 spiro atoms. The predicted octanol–water partition coefficient (Wildman–Crippen LogP) is 9.49. The minimum atomic E-state index is -0.178. The van der Waals surface area contributed by atoms with Gasteiger partial charge in [0.15, 0.2) is 0 Å². The lowest BCUT2D eigenvalue weighted by atomic mass is 9.89. The number of unbranched alkanes of at least 4 members (excludes halogenated alkanes) is 1. The molecule has 2 nitrogen and oxygen atoms in total. The Morgan fingerprint density at radius 1 is 0.946 bits per heavy atom. The molecule has 198 valence electrons. The van der Waals surface area contributed by atoms with Crippen LogP contribution in [-0.4, -0.2) is 18.5 Å². The van der Waals surface area contributed by atoms with Gasteiger partial charge < -0.3 is 10.5 Å². The molecule has 4 rings (SSSR count). The first-order chi connectivity index (χ1) is 17.9. The van der Waals surface area contributed by atoms with Gasteiger partial charge in [-0.3, -0.25) is 4.39 Å². The molecule has 0 radical (unpaired) electrons. The number of aryl methyl sites for hydroxylation is 1. The number of anilines is 1. The minimum absolute atomic E-state index is 0.156. The Bertz CT molecular complexity index is 1190. The van der Waals surface area contributed by atoms with Crippen molar-refractivity contribution in [3.8, 4) is 5.75 Å². The molecule has 0 saturated heterocycles. The van der Waals surface area contributed by atoms with Crippen molar-refractivity contribution in [2.75, 3.05) is 18.2 Å². The van der Waals surface area contributed by atoms with Crippen molar-refractivity contribution in [1.29, 1.82) is 0 Å². The first kappa shape index (κ1) is 28.8. The van der Waals surface area contributed by atoms with Crippen molar-refractivity contribution in [2.45, 2.75) is 70.8 Å². The lowest BCUT2D eigenvalue weighted by Gasteiger charge is -2.25. The van der Waals surface area contributed by atoms with Gasteiger partial charge in [0.05, 0.1) is 12.8 Å². The molecule has 0 amide bonds. The van der Waals surface area contributed by atoms with E-state index in [1.54, 1.807) is 17.8 Å². The highest BCUT2D eigenvalue weighted by Crippen LogP contribution is 2.45. The van der Waals surface area contributed by atoms with Crippen LogP contribution in [0.15, 0.2) is 65.6 Å². The number of hydrogen-bond acceptors (Lipinski definition) is 3. The van der Waals surface area contributed by atoms with E-state index in [0.29, 0.717) is 11.3 Å². The fourth-order valence-electron chi connectivity index (χ4n) is 4.35. The number of fused-ring (bicyclic) bond motifs is 1. The molecule has 3 aromatic carbocycles. The molecule has 1 aliphatic rings. The van der Waals surface area contributed by atoms with E-state index in [-0.39, 0.29) is 18.6 Å². The minimum Gasteiger partial charge on any atom is -0.490 e. The van der Waals surface area contributed by atoms with Crippen molar-refractivity contribution in [2.24, 2.45) is 0 Å². The molecule has 1 aliphatic heterocycles. The maximum atomic E-state index is 15.0. The zero-order valence-electron chi connectivity index (χ0n) is 22.5. The molecule has 1 unspecified atom stereocenters. The fourth-order valence-corrected chi connectivity index (χ4v) is 5.50. The molecule has 5 heteroatoms. The number of thioether (sulfide) groups is 1. The van der Waals surface area contributed by atoms with E-state index in [1.807, 2.05) is 50.2 Å². The normalized spacial score (nSPS) is 13.5. The highest BCUT2D eigenvalue weighted by molar-refractivity contribution is 7.99. The van der Waals surface area contributed by atoms with Crippen molar-refractivity contribution < 1.29 is 13.5 Å². The van der Waals surface area contributed by atoms with Gasteiger partial charge in [-0.2, -0.15) is 0 Å². The Balaban J connectivity index is 0.000000695. The quantitative estimate of drug-likeness (QED) is 0.284. The largest absolute Gasteiger partial charge is 0.490 e. The number of ether oxygens (including phenoxy) is 1. The highest BCUT2D eigenvalue weighted by atomic mass is 32.2. The summed E-state index contributed by atoms with van der Waals surface area (Å²) in [5, 5.41) is 0. The highest BCUT2D eigenvalue weighted by Gasteiger charge is 2.24. The van der Waals surface area contributed by atoms with E-state index in [1.165, 1.54) is 0 Å². The summed E-state index contributed by atoms with van der Waals surface area (Å²) in [7, 11) is 0. The first-order valence-corrected chi connectivity index (χ1v) is 14.3. The number of nitrogens with two attached hydrogens (primary N) is 1. The van der Waals surface area contributed by atoms with Gasteiger partial charge in [-0.25, -0.2) is 4.39 Å². The lowest BCUT2D eigenvalue weighted by molar-refractivity contribution is 0.186. The van der Waals surface area contributed by atoms with Crippen molar-refractivity contribution >= 4 is 28.6 Å². The molecule has 0 saturated carbocycles. The van der Waals surface area contributed by atoms with Crippen molar-refractivity contribution in [3.63, 3.8) is 0 Å². The fraction of sp³-hybridized carbons (Fsp3) is 0.375. The van der Waals surface area contributed by atoms with Crippen LogP contribution in [0.5, 0.6) is 5.75 Å². The summed E-state index contributed by atoms with van der Waals surface area (Å²) < 4.78 is 32.2. The van der Waals surface area contributed by atoms with Crippen LogP contribution in [0.3, 0.4) is 0 Å². The smallest absolute Gasteiger partial charge is 0.131 e. The van der Waals surface area contributed by atoms with Gasteiger partial charge in [-0.1, -0.05) is 63.9 Å². The van der Waals surface area contributed by atoms with Crippen LogP contribution in [-0.2, 0) is 0 Å². The summed E-state index contributed by atoms with van der Waals surface area (Å²) in [6, 6.07) is 19.7. The van der Waals surface area contributed by atoms with Gasteiger partial charge in [0, 0.05) is 21.9 Å². The van der Waals surface area contributed by atoms with E-state index in [2.05, 4.69) is 32.0 Å². The van der Waals surface area contributed by atoms with Crippen LogP contribution in [0.2, 0.25) is 0 Å². The topological polar surface area (TPSA) is 35.2 Å². The monoisotopic (exact) mass is 523 g/mol. The van der Waals surface area contributed by atoms with Gasteiger partial charge in [-0.05, 0) is 84.4 Å². The summed E-state index contributed by atoms with van der Waals surface area (Å²) in [6.07, 6.45) is 5.07. The third-order valence-corrected chi connectivity index (χ3v) is 7.48. The van der Waals surface area contributed by atoms with Gasteiger partial charge in [0.25, 0.3) is 0 Å². The zero-order chi connectivity index (χ0) is 26.8. The first-order valence-electron chi connectivity index (χ1n) is 13.3. The van der Waals surface area contributed by atoms with E-state index in [0.717, 1.165) is 76.3 Å². The number of hydrogen-bond donors (Lipinski definition) is 1. The standard InChI is InChI=1S/C28H30FNOS.C4H9F/c1-4-6-21(5-2)31-22-11-8-19(9-12-22)28-24-14-10-20(30)16-27(24)32-17-25(28)23-13-7-18(3)15-26(23)29;1-2-3-4-5/h7-16,21H,4-6,17,30H2,1-3H3;2-4H2,1H3. The number of benzene rings is 3. The summed E-state index contributed by atoms with van der Waals surface area (Å²) in [5.41, 5.74) is 12.6. The average Bonchev–Trinajstić information content (AvgIpc) is 2.89. The average molecular weight is 524 g/mol. The third-order valence-electron chi connectivity index (χ3n) is 6.40. The third kappa shape index (κ3) is 7.61. The second-order valence-corrected chi connectivity index (χ2v) is 10.4. The molecule has 0 bridgehead atoms. The van der Waals surface area contributed by atoms with Crippen LogP contribution in [0.25, 0.3) is 11.1 Å². The zero-order valence-corrected chi connectivity index (χ0v) is 23.3. The molecule has 2 N–H and O–H groups in total. The summed E-state index contributed by atoms with van der Waals surface area (Å²) in [6.45, 7) is 8.07.